The van der Waals surface area contributed by atoms with Crippen molar-refractivity contribution in [3.05, 3.63) is 0 Å². The predicted molar refractivity (Wildman–Crippen MR) is 247 cm³/mol. The summed E-state index contributed by atoms with van der Waals surface area (Å²) < 4.78 is 16.8. The van der Waals surface area contributed by atoms with Gasteiger partial charge in [0, 0.05) is 19.3 Å². The molecule has 6 heteroatoms. The lowest BCUT2D eigenvalue weighted by Gasteiger charge is -2.18. The highest BCUT2D eigenvalue weighted by atomic mass is 16.6. The van der Waals surface area contributed by atoms with Crippen molar-refractivity contribution < 1.29 is 28.6 Å². The molecule has 2 atom stereocenters. The van der Waals surface area contributed by atoms with Crippen LogP contribution in [0.15, 0.2) is 0 Å². The van der Waals surface area contributed by atoms with Gasteiger partial charge in [0.1, 0.15) is 13.2 Å². The molecule has 0 heterocycles. The van der Waals surface area contributed by atoms with E-state index in [1.807, 2.05) is 0 Å². The van der Waals surface area contributed by atoms with Gasteiger partial charge in [-0.15, -0.1) is 0 Å². The number of unbranched alkanes of at least 4 members (excludes halogenated alkanes) is 30. The van der Waals surface area contributed by atoms with Crippen molar-refractivity contribution >= 4 is 17.9 Å². The predicted octanol–water partition coefficient (Wildman–Crippen LogP) is 16.5. The average molecular weight is 821 g/mol. The summed E-state index contributed by atoms with van der Waals surface area (Å²) in [6.45, 7) is 11.4. The van der Waals surface area contributed by atoms with E-state index in [9.17, 15) is 14.4 Å². The van der Waals surface area contributed by atoms with Crippen molar-refractivity contribution in [1.29, 1.82) is 0 Å². The molecule has 0 aromatic rings. The zero-order chi connectivity index (χ0) is 42.6. The normalized spacial score (nSPS) is 12.5. The first kappa shape index (κ1) is 56.4. The van der Waals surface area contributed by atoms with Crippen LogP contribution < -0.4 is 0 Å². The molecule has 0 aromatic carbocycles. The summed E-state index contributed by atoms with van der Waals surface area (Å²) >= 11 is 0. The van der Waals surface area contributed by atoms with Gasteiger partial charge in [0.2, 0.25) is 0 Å². The van der Waals surface area contributed by atoms with Crippen LogP contribution in [0.5, 0.6) is 0 Å². The van der Waals surface area contributed by atoms with E-state index in [0.717, 1.165) is 69.6 Å². The van der Waals surface area contributed by atoms with Crippen molar-refractivity contribution in [2.45, 2.75) is 291 Å². The molecule has 0 rings (SSSR count). The lowest BCUT2D eigenvalue weighted by atomic mass is 9.99. The molecular formula is C52H100O6. The molecule has 0 amide bonds. The molecule has 0 aliphatic rings. The molecule has 0 saturated heterocycles. The summed E-state index contributed by atoms with van der Waals surface area (Å²) in [7, 11) is 0. The highest BCUT2D eigenvalue weighted by Gasteiger charge is 2.19. The first-order chi connectivity index (χ1) is 28.3. The molecular weight excluding hydrogens is 721 g/mol. The van der Waals surface area contributed by atoms with E-state index in [4.69, 9.17) is 14.2 Å². The second-order valence-corrected chi connectivity index (χ2v) is 18.5. The largest absolute Gasteiger partial charge is 0.462 e. The van der Waals surface area contributed by atoms with Gasteiger partial charge in [-0.05, 0) is 31.1 Å². The number of esters is 3. The fourth-order valence-corrected chi connectivity index (χ4v) is 7.78. The summed E-state index contributed by atoms with van der Waals surface area (Å²) in [6, 6.07) is 0. The fraction of sp³-hybridized carbons (Fsp3) is 0.942. The smallest absolute Gasteiger partial charge is 0.306 e. The van der Waals surface area contributed by atoms with E-state index in [1.165, 1.54) is 173 Å². The van der Waals surface area contributed by atoms with Crippen LogP contribution in [0.3, 0.4) is 0 Å². The Balaban J connectivity index is 4.31. The van der Waals surface area contributed by atoms with Crippen molar-refractivity contribution in [2.75, 3.05) is 13.2 Å². The molecule has 0 aromatic heterocycles. The summed E-state index contributed by atoms with van der Waals surface area (Å²) in [5.74, 6) is 0.835. The lowest BCUT2D eigenvalue weighted by molar-refractivity contribution is -0.167. The number of hydrogen-bond acceptors (Lipinski definition) is 6. The maximum atomic E-state index is 12.8. The van der Waals surface area contributed by atoms with Gasteiger partial charge >= 0.3 is 17.9 Å². The monoisotopic (exact) mass is 821 g/mol. The second-order valence-electron chi connectivity index (χ2n) is 18.5. The lowest BCUT2D eigenvalue weighted by Crippen LogP contribution is -2.30. The third kappa shape index (κ3) is 44.0. The van der Waals surface area contributed by atoms with Crippen molar-refractivity contribution in [3.63, 3.8) is 0 Å². The van der Waals surface area contributed by atoms with Gasteiger partial charge < -0.3 is 14.2 Å². The minimum atomic E-state index is -0.761. The van der Waals surface area contributed by atoms with Gasteiger partial charge in [-0.1, -0.05) is 247 Å². The number of hydrogen-bond donors (Lipinski definition) is 0. The topological polar surface area (TPSA) is 78.9 Å². The number of carbonyl (C=O) groups excluding carboxylic acids is 3. The average Bonchev–Trinajstić information content (AvgIpc) is 3.21. The van der Waals surface area contributed by atoms with E-state index in [-0.39, 0.29) is 31.1 Å². The van der Waals surface area contributed by atoms with Crippen molar-refractivity contribution in [1.82, 2.24) is 0 Å². The highest BCUT2D eigenvalue weighted by molar-refractivity contribution is 5.71. The molecule has 0 saturated carbocycles. The first-order valence-corrected chi connectivity index (χ1v) is 25.8. The standard InChI is InChI=1S/C52H100O6/c1-6-8-9-10-11-12-13-18-21-27-32-37-42-50(53)56-45-49(58-52(55)44-39-34-29-24-23-26-31-36-41-48(5)7-2)46-57-51(54)43-38-33-28-22-19-16-14-15-17-20-25-30-35-40-47(3)4/h47-49H,6-46H2,1-5H3/t48?,49-/m0/s1. The fourth-order valence-electron chi connectivity index (χ4n) is 7.78. The quantitative estimate of drug-likeness (QED) is 0.0346. The molecule has 0 fully saturated rings. The number of rotatable bonds is 46. The Bertz CT molecular complexity index is 887. The summed E-state index contributed by atoms with van der Waals surface area (Å²) in [6.07, 6.45) is 45.1. The first-order valence-electron chi connectivity index (χ1n) is 25.8. The van der Waals surface area contributed by atoms with E-state index in [2.05, 4.69) is 34.6 Å². The molecule has 0 radical (unpaired) electrons. The summed E-state index contributed by atoms with van der Waals surface area (Å²) in [5, 5.41) is 0. The van der Waals surface area contributed by atoms with Crippen LogP contribution >= 0.6 is 0 Å². The van der Waals surface area contributed by atoms with Crippen LogP contribution in [-0.4, -0.2) is 37.2 Å². The summed E-state index contributed by atoms with van der Waals surface area (Å²) in [4.78, 5) is 37.9. The third-order valence-electron chi connectivity index (χ3n) is 12.1. The Morgan fingerprint density at radius 2 is 0.655 bits per heavy atom. The van der Waals surface area contributed by atoms with Gasteiger partial charge in [-0.3, -0.25) is 14.4 Å². The Morgan fingerprint density at radius 1 is 0.362 bits per heavy atom. The van der Waals surface area contributed by atoms with E-state index in [0.29, 0.717) is 19.3 Å². The van der Waals surface area contributed by atoms with E-state index in [1.54, 1.807) is 0 Å². The maximum Gasteiger partial charge on any atom is 0.306 e. The zero-order valence-corrected chi connectivity index (χ0v) is 39.7. The summed E-state index contributed by atoms with van der Waals surface area (Å²) in [5.41, 5.74) is 0. The Labute approximate surface area is 361 Å². The second kappa shape index (κ2) is 44.9. The highest BCUT2D eigenvalue weighted by Crippen LogP contribution is 2.18. The Kier molecular flexibility index (Phi) is 43.7. The maximum absolute atomic E-state index is 12.8. The van der Waals surface area contributed by atoms with Crippen LogP contribution in [0.2, 0.25) is 0 Å². The van der Waals surface area contributed by atoms with Gasteiger partial charge in [0.25, 0.3) is 0 Å². The Morgan fingerprint density at radius 3 is 0.983 bits per heavy atom. The van der Waals surface area contributed by atoms with E-state index < -0.39 is 6.10 Å². The molecule has 0 aliphatic heterocycles. The van der Waals surface area contributed by atoms with Gasteiger partial charge in [-0.25, -0.2) is 0 Å². The Hall–Kier alpha value is -1.59. The molecule has 0 bridgehead atoms. The van der Waals surface area contributed by atoms with Gasteiger partial charge in [0.15, 0.2) is 6.10 Å². The van der Waals surface area contributed by atoms with Gasteiger partial charge in [-0.2, -0.15) is 0 Å². The minimum absolute atomic E-state index is 0.0640. The SMILES string of the molecule is CCCCCCCCCCCCCCC(=O)OC[C@@H](COC(=O)CCCCCCCCCCCCCCCC(C)C)OC(=O)CCCCCCCCCCC(C)CC. The minimum Gasteiger partial charge on any atom is -0.462 e. The molecule has 6 nitrogen and oxygen atoms in total. The van der Waals surface area contributed by atoms with Crippen LogP contribution in [0, 0.1) is 11.8 Å². The molecule has 0 aliphatic carbocycles. The molecule has 0 spiro atoms. The molecule has 1 unspecified atom stereocenters. The van der Waals surface area contributed by atoms with Crippen molar-refractivity contribution in [2.24, 2.45) is 11.8 Å². The van der Waals surface area contributed by atoms with Crippen LogP contribution in [0.25, 0.3) is 0 Å². The molecule has 344 valence electrons. The zero-order valence-electron chi connectivity index (χ0n) is 39.7. The van der Waals surface area contributed by atoms with Crippen LogP contribution in [-0.2, 0) is 28.6 Å². The van der Waals surface area contributed by atoms with E-state index >= 15 is 0 Å². The molecule has 0 N–H and O–H groups in total. The third-order valence-corrected chi connectivity index (χ3v) is 12.1. The van der Waals surface area contributed by atoms with Crippen LogP contribution in [0.1, 0.15) is 285 Å². The van der Waals surface area contributed by atoms with Crippen LogP contribution in [0.4, 0.5) is 0 Å². The van der Waals surface area contributed by atoms with Crippen molar-refractivity contribution in [3.8, 4) is 0 Å². The number of carbonyl (C=O) groups is 3. The number of ether oxygens (including phenoxy) is 3. The van der Waals surface area contributed by atoms with Gasteiger partial charge in [0.05, 0.1) is 0 Å². The molecule has 58 heavy (non-hydrogen) atoms.